The minimum Gasteiger partial charge on any atom is -0.394 e. The fourth-order valence-electron chi connectivity index (χ4n) is 1.24. The first-order valence-electron chi connectivity index (χ1n) is 5.75. The van der Waals surface area contributed by atoms with Gasteiger partial charge >= 0.3 is 0 Å². The van der Waals surface area contributed by atoms with Crippen molar-refractivity contribution in [3.05, 3.63) is 12.2 Å². The molecule has 0 aromatic heterocycles. The van der Waals surface area contributed by atoms with Gasteiger partial charge in [-0.3, -0.25) is 0 Å². The summed E-state index contributed by atoms with van der Waals surface area (Å²) in [4.78, 5) is 0. The Balaban J connectivity index is 3.22. The van der Waals surface area contributed by atoms with Crippen LogP contribution in [0.1, 0.15) is 20.3 Å². The maximum atomic E-state index is 8.45. The average molecular weight is 232 g/mol. The van der Waals surface area contributed by atoms with Gasteiger partial charge in [0.25, 0.3) is 0 Å². The summed E-state index contributed by atoms with van der Waals surface area (Å²) < 4.78 is 15.9. The van der Waals surface area contributed by atoms with Gasteiger partial charge in [-0.1, -0.05) is 19.1 Å². The maximum Gasteiger partial charge on any atom is 0.0778 e. The van der Waals surface area contributed by atoms with Crippen LogP contribution in [0.4, 0.5) is 0 Å². The molecule has 0 fully saturated rings. The van der Waals surface area contributed by atoms with E-state index in [4.69, 9.17) is 19.3 Å². The number of hydrogen-bond acceptors (Lipinski definition) is 4. The fourth-order valence-corrected chi connectivity index (χ4v) is 1.24. The molecule has 96 valence electrons. The summed E-state index contributed by atoms with van der Waals surface area (Å²) >= 11 is 0. The average Bonchev–Trinajstić information content (AvgIpc) is 2.26. The Kier molecular flexibility index (Phi) is 10.8. The lowest BCUT2D eigenvalue weighted by molar-refractivity contribution is -0.00644. The summed E-state index contributed by atoms with van der Waals surface area (Å²) in [7, 11) is 0. The van der Waals surface area contributed by atoms with Crippen molar-refractivity contribution >= 4 is 0 Å². The molecular weight excluding hydrogens is 208 g/mol. The molecule has 4 heteroatoms. The molecule has 0 aromatic carbocycles. The van der Waals surface area contributed by atoms with Gasteiger partial charge in [0.1, 0.15) is 0 Å². The monoisotopic (exact) mass is 232 g/mol. The van der Waals surface area contributed by atoms with Crippen LogP contribution in [0.5, 0.6) is 0 Å². The molecule has 0 bridgehead atoms. The molecule has 1 atom stereocenters. The molecular formula is C12H24O4. The highest BCUT2D eigenvalue weighted by molar-refractivity contribution is 4.96. The van der Waals surface area contributed by atoms with Crippen molar-refractivity contribution in [2.75, 3.05) is 39.6 Å². The largest absolute Gasteiger partial charge is 0.394 e. The summed E-state index contributed by atoms with van der Waals surface area (Å²) in [6, 6.07) is 0. The molecule has 0 rings (SSSR count). The summed E-state index contributed by atoms with van der Waals surface area (Å²) in [5, 5.41) is 8.45. The van der Waals surface area contributed by atoms with Crippen LogP contribution in [-0.2, 0) is 14.2 Å². The summed E-state index contributed by atoms with van der Waals surface area (Å²) in [5.74, 6) is 0. The molecule has 0 saturated carbocycles. The molecule has 0 radical (unpaired) electrons. The van der Waals surface area contributed by atoms with Crippen LogP contribution in [0.15, 0.2) is 12.2 Å². The molecule has 16 heavy (non-hydrogen) atoms. The van der Waals surface area contributed by atoms with Gasteiger partial charge in [-0.15, -0.1) is 0 Å². The molecule has 0 aliphatic heterocycles. The molecule has 0 aliphatic rings. The van der Waals surface area contributed by atoms with Crippen molar-refractivity contribution < 1.29 is 19.3 Å². The molecule has 1 unspecified atom stereocenters. The predicted octanol–water partition coefficient (Wildman–Crippen LogP) is 1.38. The van der Waals surface area contributed by atoms with E-state index < -0.39 is 0 Å². The van der Waals surface area contributed by atoms with Gasteiger partial charge in [0.2, 0.25) is 0 Å². The Morgan fingerprint density at radius 2 is 1.69 bits per heavy atom. The van der Waals surface area contributed by atoms with Crippen molar-refractivity contribution in [3.63, 3.8) is 0 Å². The van der Waals surface area contributed by atoms with Crippen LogP contribution >= 0.6 is 0 Å². The first-order chi connectivity index (χ1) is 7.72. The topological polar surface area (TPSA) is 47.9 Å². The summed E-state index contributed by atoms with van der Waals surface area (Å²) in [6.45, 7) is 10.5. The highest BCUT2D eigenvalue weighted by Crippen LogP contribution is 2.07. The van der Waals surface area contributed by atoms with Crippen LogP contribution in [0.3, 0.4) is 0 Å². The van der Waals surface area contributed by atoms with E-state index in [-0.39, 0.29) is 12.7 Å². The van der Waals surface area contributed by atoms with E-state index in [0.717, 1.165) is 12.0 Å². The zero-order valence-electron chi connectivity index (χ0n) is 10.4. The van der Waals surface area contributed by atoms with E-state index in [1.165, 1.54) is 0 Å². The van der Waals surface area contributed by atoms with Crippen molar-refractivity contribution in [2.45, 2.75) is 26.4 Å². The van der Waals surface area contributed by atoms with E-state index in [9.17, 15) is 0 Å². The summed E-state index contributed by atoms with van der Waals surface area (Å²) in [5.41, 5.74) is 1.05. The lowest BCUT2D eigenvalue weighted by atomic mass is 10.1. The third-order valence-electron chi connectivity index (χ3n) is 2.07. The number of ether oxygens (including phenoxy) is 3. The standard InChI is InChI=1S/C12H24O4/c1-4-12(11(2)3)16-10-9-15-8-7-14-6-5-13/h12-13H,2,4-10H2,1,3H3. The van der Waals surface area contributed by atoms with Gasteiger partial charge < -0.3 is 19.3 Å². The third-order valence-corrected chi connectivity index (χ3v) is 2.07. The maximum absolute atomic E-state index is 8.45. The molecule has 0 amide bonds. The second-order valence-corrected chi connectivity index (χ2v) is 3.56. The smallest absolute Gasteiger partial charge is 0.0778 e. The highest BCUT2D eigenvalue weighted by atomic mass is 16.5. The molecule has 0 heterocycles. The van der Waals surface area contributed by atoms with Gasteiger partial charge in [0.15, 0.2) is 0 Å². The van der Waals surface area contributed by atoms with E-state index in [2.05, 4.69) is 13.5 Å². The van der Waals surface area contributed by atoms with E-state index in [0.29, 0.717) is 33.0 Å². The Morgan fingerprint density at radius 1 is 1.12 bits per heavy atom. The van der Waals surface area contributed by atoms with Crippen molar-refractivity contribution in [1.29, 1.82) is 0 Å². The quantitative estimate of drug-likeness (QED) is 0.432. The van der Waals surface area contributed by atoms with Crippen LogP contribution in [0.2, 0.25) is 0 Å². The molecule has 0 aliphatic carbocycles. The van der Waals surface area contributed by atoms with Crippen LogP contribution in [0.25, 0.3) is 0 Å². The summed E-state index contributed by atoms with van der Waals surface area (Å²) in [6.07, 6.45) is 1.07. The van der Waals surface area contributed by atoms with Gasteiger partial charge in [-0.2, -0.15) is 0 Å². The Hall–Kier alpha value is -0.420. The number of aliphatic hydroxyl groups excluding tert-OH is 1. The number of rotatable bonds is 11. The first kappa shape index (κ1) is 15.6. The highest BCUT2D eigenvalue weighted by Gasteiger charge is 2.05. The van der Waals surface area contributed by atoms with Crippen molar-refractivity contribution in [3.8, 4) is 0 Å². The van der Waals surface area contributed by atoms with E-state index >= 15 is 0 Å². The second kappa shape index (κ2) is 11.1. The molecule has 0 saturated heterocycles. The molecule has 1 N–H and O–H groups in total. The molecule has 0 aromatic rings. The normalized spacial score (nSPS) is 12.7. The Labute approximate surface area is 98.2 Å². The SMILES string of the molecule is C=C(C)C(CC)OCCOCCOCCO. The van der Waals surface area contributed by atoms with Gasteiger partial charge in [0.05, 0.1) is 45.7 Å². The number of aliphatic hydroxyl groups is 1. The van der Waals surface area contributed by atoms with Crippen LogP contribution in [0, 0.1) is 0 Å². The van der Waals surface area contributed by atoms with Gasteiger partial charge in [-0.25, -0.2) is 0 Å². The Morgan fingerprint density at radius 3 is 2.19 bits per heavy atom. The first-order valence-corrected chi connectivity index (χ1v) is 5.75. The predicted molar refractivity (Wildman–Crippen MR) is 63.6 cm³/mol. The molecule has 4 nitrogen and oxygen atoms in total. The minimum atomic E-state index is 0.0555. The second-order valence-electron chi connectivity index (χ2n) is 3.56. The van der Waals surface area contributed by atoms with Crippen molar-refractivity contribution in [1.82, 2.24) is 0 Å². The van der Waals surface area contributed by atoms with Gasteiger partial charge in [-0.05, 0) is 13.3 Å². The molecule has 0 spiro atoms. The lowest BCUT2D eigenvalue weighted by Gasteiger charge is -2.15. The zero-order chi connectivity index (χ0) is 12.2. The Bertz CT molecular complexity index is 170. The van der Waals surface area contributed by atoms with Crippen molar-refractivity contribution in [2.24, 2.45) is 0 Å². The third kappa shape index (κ3) is 8.85. The van der Waals surface area contributed by atoms with E-state index in [1.807, 2.05) is 6.92 Å². The number of hydrogen-bond donors (Lipinski definition) is 1. The minimum absolute atomic E-state index is 0.0555. The fraction of sp³-hybridized carbons (Fsp3) is 0.833. The zero-order valence-corrected chi connectivity index (χ0v) is 10.4. The van der Waals surface area contributed by atoms with Crippen LogP contribution in [-0.4, -0.2) is 50.9 Å². The van der Waals surface area contributed by atoms with Crippen LogP contribution < -0.4 is 0 Å². The van der Waals surface area contributed by atoms with Gasteiger partial charge in [0, 0.05) is 0 Å². The lowest BCUT2D eigenvalue weighted by Crippen LogP contribution is -2.17. The van der Waals surface area contributed by atoms with E-state index in [1.54, 1.807) is 0 Å².